The van der Waals surface area contributed by atoms with Gasteiger partial charge in [0.25, 0.3) is 11.5 Å². The smallest absolute Gasteiger partial charge is 0.291 e. The molecule has 1 aliphatic heterocycles. The van der Waals surface area contributed by atoms with Gasteiger partial charge in [-0.15, -0.1) is 5.10 Å². The minimum Gasteiger partial charge on any atom is -0.494 e. The number of carbonyl (C=O) groups is 1. The third-order valence-corrected chi connectivity index (χ3v) is 5.34. The second-order valence-electron chi connectivity index (χ2n) is 9.42. The van der Waals surface area contributed by atoms with E-state index in [0.29, 0.717) is 31.0 Å². The van der Waals surface area contributed by atoms with E-state index in [-0.39, 0.29) is 34.6 Å². The number of anilines is 1. The van der Waals surface area contributed by atoms with Gasteiger partial charge in [-0.2, -0.15) is 4.52 Å². The van der Waals surface area contributed by atoms with Crippen LogP contribution in [0.15, 0.2) is 10.9 Å². The summed E-state index contributed by atoms with van der Waals surface area (Å²) in [4.78, 5) is 25.8. The fraction of sp³-hybridized carbons (Fsp3) is 0.571. The minimum atomic E-state index is -0.679. The summed E-state index contributed by atoms with van der Waals surface area (Å²) in [5.74, 6) is -0.512. The van der Waals surface area contributed by atoms with Gasteiger partial charge in [0, 0.05) is 25.1 Å². The molecule has 0 radical (unpaired) electrons. The molecule has 1 unspecified atom stereocenters. The van der Waals surface area contributed by atoms with Crippen molar-refractivity contribution >= 4 is 23.4 Å². The molecule has 2 aromatic heterocycles. The average molecular weight is 415 g/mol. The van der Waals surface area contributed by atoms with Gasteiger partial charge in [0.2, 0.25) is 5.88 Å². The molecule has 1 amide bonds. The Morgan fingerprint density at radius 1 is 1.37 bits per heavy atom. The highest BCUT2D eigenvalue weighted by atomic mass is 16.5. The molecule has 4 N–H and O–H groups in total. The van der Waals surface area contributed by atoms with Gasteiger partial charge in [-0.25, -0.2) is 0 Å². The molecule has 1 saturated carbocycles. The summed E-state index contributed by atoms with van der Waals surface area (Å²) in [6, 6.07) is 0.0536. The highest BCUT2D eigenvalue weighted by molar-refractivity contribution is 5.97. The summed E-state index contributed by atoms with van der Waals surface area (Å²) in [6.45, 7) is 7.75. The van der Waals surface area contributed by atoms with Crippen LogP contribution in [0, 0.1) is 11.3 Å². The number of aromatic nitrogens is 3. The van der Waals surface area contributed by atoms with E-state index in [1.165, 1.54) is 0 Å². The molecule has 0 aromatic carbocycles. The first-order valence-corrected chi connectivity index (χ1v) is 10.4. The number of rotatable bonds is 5. The van der Waals surface area contributed by atoms with Crippen LogP contribution in [0.2, 0.25) is 0 Å². The van der Waals surface area contributed by atoms with Crippen LogP contribution < -0.4 is 16.6 Å². The molecule has 1 atom stereocenters. The molecule has 2 fully saturated rings. The number of nitrogens with two attached hydrogens (primary N) is 1. The summed E-state index contributed by atoms with van der Waals surface area (Å²) in [6.07, 6.45) is 6.50. The number of hydrogen-bond donors (Lipinski definition) is 3. The van der Waals surface area contributed by atoms with E-state index in [1.807, 2.05) is 32.9 Å². The largest absolute Gasteiger partial charge is 0.494 e. The molecule has 2 aromatic rings. The van der Waals surface area contributed by atoms with Crippen molar-refractivity contribution in [3.05, 3.63) is 27.6 Å². The molecule has 30 heavy (non-hydrogen) atoms. The fourth-order valence-corrected chi connectivity index (χ4v) is 3.68. The number of nitrogens with one attached hydrogen (secondary N) is 1. The molecule has 1 saturated heterocycles. The van der Waals surface area contributed by atoms with Crippen molar-refractivity contribution in [1.82, 2.24) is 19.5 Å². The standard InChI is InChI=1S/C21H29N5O4/c1-21(2,3)11-25-18-14(7-4-12-8-9-30-10-12)16(22)24-26(18)20(29)15(19(25)28)17(27)23-13-5-6-13/h4,7,12-13,28H,5-6,8-11H2,1-3H3,(H2,22,24)(H,23,27)/b7-4+. The van der Waals surface area contributed by atoms with Gasteiger partial charge in [-0.3, -0.25) is 14.2 Å². The van der Waals surface area contributed by atoms with Crippen LogP contribution in [-0.4, -0.2) is 44.5 Å². The van der Waals surface area contributed by atoms with Gasteiger partial charge < -0.3 is 20.9 Å². The third kappa shape index (κ3) is 3.94. The monoisotopic (exact) mass is 415 g/mol. The molecule has 0 spiro atoms. The quantitative estimate of drug-likeness (QED) is 0.684. The van der Waals surface area contributed by atoms with Gasteiger partial charge in [-0.05, 0) is 24.7 Å². The van der Waals surface area contributed by atoms with E-state index in [2.05, 4.69) is 10.4 Å². The van der Waals surface area contributed by atoms with Crippen LogP contribution in [0.5, 0.6) is 5.88 Å². The lowest BCUT2D eigenvalue weighted by molar-refractivity contribution is 0.0944. The Labute approximate surface area is 174 Å². The Bertz CT molecular complexity index is 1070. The molecule has 9 nitrogen and oxygen atoms in total. The van der Waals surface area contributed by atoms with Gasteiger partial charge in [0.15, 0.2) is 17.0 Å². The molecule has 9 heteroatoms. The first-order valence-electron chi connectivity index (χ1n) is 10.4. The molecule has 4 rings (SSSR count). The van der Waals surface area contributed by atoms with E-state index in [0.717, 1.165) is 23.8 Å². The second-order valence-corrected chi connectivity index (χ2v) is 9.42. The first kappa shape index (κ1) is 20.5. The Hall–Kier alpha value is -2.81. The number of hydrogen-bond acceptors (Lipinski definition) is 6. The number of ether oxygens (including phenoxy) is 1. The lowest BCUT2D eigenvalue weighted by Crippen LogP contribution is -2.35. The molecule has 162 valence electrons. The van der Waals surface area contributed by atoms with E-state index in [4.69, 9.17) is 10.5 Å². The average Bonchev–Trinajstić information content (AvgIpc) is 3.18. The summed E-state index contributed by atoms with van der Waals surface area (Å²) in [7, 11) is 0. The lowest BCUT2D eigenvalue weighted by atomic mass is 9.96. The summed E-state index contributed by atoms with van der Waals surface area (Å²) in [5.41, 5.74) is 5.86. The second kappa shape index (κ2) is 7.46. The zero-order valence-corrected chi connectivity index (χ0v) is 17.6. The number of fused-ring (bicyclic) bond motifs is 1. The molecule has 2 aliphatic rings. The van der Waals surface area contributed by atoms with E-state index >= 15 is 0 Å². The lowest BCUT2D eigenvalue weighted by Gasteiger charge is -2.23. The van der Waals surface area contributed by atoms with Crippen molar-refractivity contribution in [1.29, 1.82) is 0 Å². The van der Waals surface area contributed by atoms with Crippen LogP contribution in [0.25, 0.3) is 11.7 Å². The predicted molar refractivity (Wildman–Crippen MR) is 113 cm³/mol. The number of carbonyl (C=O) groups excluding carboxylic acids is 1. The van der Waals surface area contributed by atoms with Gasteiger partial charge >= 0.3 is 0 Å². The van der Waals surface area contributed by atoms with Gasteiger partial charge in [0.05, 0.1) is 12.2 Å². The van der Waals surface area contributed by atoms with Crippen molar-refractivity contribution in [2.24, 2.45) is 11.3 Å². The maximum atomic E-state index is 13.1. The van der Waals surface area contributed by atoms with Crippen LogP contribution in [0.4, 0.5) is 5.82 Å². The minimum absolute atomic E-state index is 0.0536. The van der Waals surface area contributed by atoms with E-state index in [9.17, 15) is 14.7 Å². The summed E-state index contributed by atoms with van der Waals surface area (Å²) >= 11 is 0. The number of nitrogen functional groups attached to an aromatic ring is 1. The predicted octanol–water partition coefficient (Wildman–Crippen LogP) is 1.77. The van der Waals surface area contributed by atoms with E-state index in [1.54, 1.807) is 4.57 Å². The summed E-state index contributed by atoms with van der Waals surface area (Å²) in [5, 5.41) is 18.0. The van der Waals surface area contributed by atoms with Crippen molar-refractivity contribution < 1.29 is 14.6 Å². The Morgan fingerprint density at radius 3 is 2.70 bits per heavy atom. The highest BCUT2D eigenvalue weighted by Crippen LogP contribution is 2.30. The normalized spacial score (nSPS) is 19.8. The number of aromatic hydroxyl groups is 1. The molecule has 0 bridgehead atoms. The first-order chi connectivity index (χ1) is 14.2. The van der Waals surface area contributed by atoms with Crippen molar-refractivity contribution in [3.8, 4) is 5.88 Å². The Morgan fingerprint density at radius 2 is 2.10 bits per heavy atom. The van der Waals surface area contributed by atoms with E-state index < -0.39 is 11.5 Å². The zero-order chi connectivity index (χ0) is 21.6. The SMILES string of the molecule is CC(C)(C)Cn1c(O)c(C(=O)NC2CC2)c(=O)n2nc(N)c(/C=C/C3CCOC3)c12. The molecular weight excluding hydrogens is 386 g/mol. The summed E-state index contributed by atoms with van der Waals surface area (Å²) < 4.78 is 8.11. The number of nitrogens with zero attached hydrogens (tertiary/aromatic N) is 3. The molecule has 3 heterocycles. The fourth-order valence-electron chi connectivity index (χ4n) is 3.68. The van der Waals surface area contributed by atoms with Crippen molar-refractivity contribution in [2.75, 3.05) is 18.9 Å². The number of amides is 1. The highest BCUT2D eigenvalue weighted by Gasteiger charge is 2.31. The Balaban J connectivity index is 1.90. The van der Waals surface area contributed by atoms with Crippen LogP contribution >= 0.6 is 0 Å². The topological polar surface area (TPSA) is 124 Å². The molecular formula is C21H29N5O4. The maximum absolute atomic E-state index is 13.1. The van der Waals surface area contributed by atoms with Crippen LogP contribution in [-0.2, 0) is 11.3 Å². The molecule has 1 aliphatic carbocycles. The maximum Gasteiger partial charge on any atom is 0.291 e. The van der Waals surface area contributed by atoms with Gasteiger partial charge in [0.1, 0.15) is 0 Å². The third-order valence-electron chi connectivity index (χ3n) is 5.34. The van der Waals surface area contributed by atoms with Crippen LogP contribution in [0.1, 0.15) is 56.0 Å². The van der Waals surface area contributed by atoms with Crippen molar-refractivity contribution in [2.45, 2.75) is 52.6 Å². The van der Waals surface area contributed by atoms with Crippen LogP contribution in [0.3, 0.4) is 0 Å². The van der Waals surface area contributed by atoms with Crippen molar-refractivity contribution in [3.63, 3.8) is 0 Å². The Kier molecular flexibility index (Phi) is 5.09. The van der Waals surface area contributed by atoms with Gasteiger partial charge in [-0.1, -0.05) is 32.9 Å². The zero-order valence-electron chi connectivity index (χ0n) is 17.6.